The quantitative estimate of drug-likeness (QED) is 0.123. The van der Waals surface area contributed by atoms with Gasteiger partial charge >= 0.3 is 11.9 Å². The summed E-state index contributed by atoms with van der Waals surface area (Å²) in [6.07, 6.45) is 1.69. The number of amides is 3. The number of carbonyl (C=O) groups excluding carboxylic acids is 5. The number of alkyl halides is 2. The van der Waals surface area contributed by atoms with Crippen LogP contribution in [0, 0.1) is 16.2 Å². The van der Waals surface area contributed by atoms with Crippen LogP contribution in [0.15, 0.2) is 54.6 Å². The summed E-state index contributed by atoms with van der Waals surface area (Å²) in [5, 5.41) is 5.93. The number of halogens is 2. The zero-order valence-electron chi connectivity index (χ0n) is 28.8. The summed E-state index contributed by atoms with van der Waals surface area (Å²) in [6.45, 7) is 4.87. The molecule has 266 valence electrons. The number of hydrogen-bond donors (Lipinski definition) is 1. The lowest BCUT2D eigenvalue weighted by Gasteiger charge is -2.37. The minimum atomic E-state index is -0.670. The first kappa shape index (κ1) is 33.2. The van der Waals surface area contributed by atoms with Gasteiger partial charge in [-0.3, -0.25) is 24.0 Å². The second-order valence-electron chi connectivity index (χ2n) is 15.1. The molecule has 1 N–H and O–H groups in total. The highest BCUT2D eigenvalue weighted by Gasteiger charge is 3.01. The van der Waals surface area contributed by atoms with Crippen molar-refractivity contribution in [3.05, 3.63) is 65.7 Å². The van der Waals surface area contributed by atoms with Crippen LogP contribution >= 0.6 is 23.2 Å². The summed E-state index contributed by atoms with van der Waals surface area (Å²) >= 11 is 13.1. The molecule has 0 bridgehead atoms. The number of esters is 2. The predicted molar refractivity (Wildman–Crippen MR) is 198 cm³/mol. The fourth-order valence-corrected chi connectivity index (χ4v) is 10.7. The van der Waals surface area contributed by atoms with Gasteiger partial charge in [-0.25, -0.2) is 0 Å². The molecule has 5 aliphatic rings. The van der Waals surface area contributed by atoms with E-state index in [-0.39, 0.29) is 35.4 Å². The third kappa shape index (κ3) is 4.34. The summed E-state index contributed by atoms with van der Waals surface area (Å²) in [5.41, 5.74) is 2.00. The second kappa shape index (κ2) is 11.2. The Hall–Kier alpha value is -4.67. The van der Waals surface area contributed by atoms with Crippen LogP contribution in [-0.4, -0.2) is 54.5 Å². The van der Waals surface area contributed by atoms with Crippen LogP contribution in [0.3, 0.4) is 0 Å². The molecule has 1 spiro atoms. The van der Waals surface area contributed by atoms with Crippen molar-refractivity contribution in [3.8, 4) is 11.5 Å². The lowest BCUT2D eigenvalue weighted by atomic mass is 9.72. The van der Waals surface area contributed by atoms with E-state index in [1.165, 1.54) is 20.8 Å². The molecule has 3 saturated carbocycles. The van der Waals surface area contributed by atoms with Crippen LogP contribution in [-0.2, 0) is 24.0 Å². The molecule has 0 aromatic heterocycles. The van der Waals surface area contributed by atoms with E-state index in [0.717, 1.165) is 27.3 Å². The Labute approximate surface area is 309 Å². The molecule has 5 atom stereocenters. The van der Waals surface area contributed by atoms with Crippen molar-refractivity contribution in [1.29, 1.82) is 0 Å². The Morgan fingerprint density at radius 1 is 0.692 bits per heavy atom. The topological polar surface area (TPSA) is 122 Å². The van der Waals surface area contributed by atoms with Crippen molar-refractivity contribution in [2.75, 3.05) is 40.0 Å². The van der Waals surface area contributed by atoms with Gasteiger partial charge in [0.15, 0.2) is 0 Å². The number of benzene rings is 4. The first-order valence-electron chi connectivity index (χ1n) is 17.5. The maximum atomic E-state index is 14.7. The highest BCUT2D eigenvalue weighted by atomic mass is 35.5. The van der Waals surface area contributed by atoms with Crippen molar-refractivity contribution in [2.45, 2.75) is 51.9 Å². The second-order valence-corrected chi connectivity index (χ2v) is 15.7. The van der Waals surface area contributed by atoms with Gasteiger partial charge in [0.2, 0.25) is 17.7 Å². The smallest absolute Gasteiger partial charge is 0.308 e. The van der Waals surface area contributed by atoms with Crippen molar-refractivity contribution in [2.24, 2.45) is 16.2 Å². The van der Waals surface area contributed by atoms with Gasteiger partial charge < -0.3 is 24.6 Å². The molecule has 4 aromatic carbocycles. The molecular formula is C40H35Cl2N3O7. The number of fused-ring (bicyclic) bond motifs is 6. The van der Waals surface area contributed by atoms with Crippen molar-refractivity contribution >= 4 is 91.5 Å². The monoisotopic (exact) mass is 739 g/mol. The Balaban J connectivity index is 1.05. The number of ether oxygens (including phenoxy) is 2. The Morgan fingerprint density at radius 3 is 1.67 bits per heavy atom. The van der Waals surface area contributed by atoms with Crippen LogP contribution < -0.4 is 24.6 Å². The third-order valence-electron chi connectivity index (χ3n) is 12.3. The Kier molecular flexibility index (Phi) is 7.13. The number of anilines is 3. The van der Waals surface area contributed by atoms with Gasteiger partial charge in [0, 0.05) is 91.5 Å². The molecular weight excluding hydrogens is 705 g/mol. The number of hydrogen-bond acceptors (Lipinski definition) is 7. The zero-order chi connectivity index (χ0) is 36.5. The summed E-state index contributed by atoms with van der Waals surface area (Å²) in [6, 6.07) is 16.6. The SMILES string of the molecule is CC(=O)Nc1ccc2c(OC(C)=O)cc3c(c2c1)[C@H](CCl)CN3C(=O)C12CC3(C(=O)N4C[C@@H](CCl)c5c4cc(OC(C)=O)c4ccccc54)CC31C2. The van der Waals surface area contributed by atoms with E-state index in [0.29, 0.717) is 72.2 Å². The molecule has 52 heavy (non-hydrogen) atoms. The van der Waals surface area contributed by atoms with E-state index in [1.54, 1.807) is 29.2 Å². The largest absolute Gasteiger partial charge is 0.426 e. The maximum absolute atomic E-state index is 14.7. The third-order valence-corrected chi connectivity index (χ3v) is 13.0. The van der Waals surface area contributed by atoms with Gasteiger partial charge in [0.1, 0.15) is 11.5 Å². The molecule has 4 aromatic rings. The molecule has 12 heteroatoms. The number of carbonyl (C=O) groups is 5. The molecule has 2 aliphatic heterocycles. The number of nitrogens with one attached hydrogen (secondary N) is 1. The van der Waals surface area contributed by atoms with E-state index in [4.69, 9.17) is 32.7 Å². The van der Waals surface area contributed by atoms with Gasteiger partial charge in [-0.05, 0) is 59.4 Å². The van der Waals surface area contributed by atoms with Gasteiger partial charge in [-0.1, -0.05) is 24.3 Å². The van der Waals surface area contributed by atoms with Crippen LogP contribution in [0.25, 0.3) is 21.5 Å². The van der Waals surface area contributed by atoms with E-state index in [9.17, 15) is 24.0 Å². The lowest BCUT2D eigenvalue weighted by Crippen LogP contribution is -2.49. The average molecular weight is 741 g/mol. The Morgan fingerprint density at radius 2 is 1.19 bits per heavy atom. The Bertz CT molecular complexity index is 2350. The summed E-state index contributed by atoms with van der Waals surface area (Å²) < 4.78 is 11.3. The molecule has 0 saturated heterocycles. The highest BCUT2D eigenvalue weighted by Crippen LogP contribution is 3.01. The first-order chi connectivity index (χ1) is 24.9. The summed E-state index contributed by atoms with van der Waals surface area (Å²) in [5.74, 6) is -0.240. The number of rotatable bonds is 7. The molecule has 3 aliphatic carbocycles. The van der Waals surface area contributed by atoms with Crippen LogP contribution in [0.5, 0.6) is 11.5 Å². The van der Waals surface area contributed by atoms with Crippen molar-refractivity contribution in [1.82, 2.24) is 0 Å². The van der Waals surface area contributed by atoms with E-state index >= 15 is 0 Å². The summed E-state index contributed by atoms with van der Waals surface area (Å²) in [4.78, 5) is 69.1. The fourth-order valence-electron chi connectivity index (χ4n) is 10.2. The lowest BCUT2D eigenvalue weighted by molar-refractivity contribution is -0.134. The van der Waals surface area contributed by atoms with Crippen molar-refractivity contribution < 1.29 is 33.4 Å². The fraction of sp³-hybridized carbons (Fsp3) is 0.375. The van der Waals surface area contributed by atoms with E-state index in [2.05, 4.69) is 5.32 Å². The normalized spacial score (nSPS) is 27.2. The molecule has 3 fully saturated rings. The van der Waals surface area contributed by atoms with Gasteiger partial charge in [-0.2, -0.15) is 0 Å². The van der Waals surface area contributed by atoms with E-state index in [1.807, 2.05) is 35.2 Å². The zero-order valence-corrected chi connectivity index (χ0v) is 30.3. The highest BCUT2D eigenvalue weighted by molar-refractivity contribution is 6.20. The van der Waals surface area contributed by atoms with Gasteiger partial charge in [0.25, 0.3) is 0 Å². The average Bonchev–Trinajstić information content (AvgIpc) is 3.62. The van der Waals surface area contributed by atoms with Gasteiger partial charge in [-0.15, -0.1) is 23.2 Å². The maximum Gasteiger partial charge on any atom is 0.308 e. The van der Waals surface area contributed by atoms with Gasteiger partial charge in [0.05, 0.1) is 22.2 Å². The molecule has 3 unspecified atom stereocenters. The standard InChI is InChI=1S/C40H35Cl2N3O7/c1-20(46)43-25-8-9-27-29(10-25)35-24(14-42)16-45(31(35)12-33(27)52-22(3)48)37(50)39-17-38(18-40(38,39)19-39)36(49)44-15-23(13-41)34-28-7-5-4-6-26(28)32(11-30(34)44)51-21(2)47/h4-12,23-24H,13-19H2,1-3H3,(H,43,46)/t23-,24-,38?,39?,40?/m1/s1. The minimum absolute atomic E-state index is 0.0135. The summed E-state index contributed by atoms with van der Waals surface area (Å²) in [7, 11) is 0. The molecule has 0 radical (unpaired) electrons. The van der Waals surface area contributed by atoms with Crippen molar-refractivity contribution in [3.63, 3.8) is 0 Å². The molecule has 2 heterocycles. The predicted octanol–water partition coefficient (Wildman–Crippen LogP) is 7.01. The minimum Gasteiger partial charge on any atom is -0.426 e. The molecule has 9 rings (SSSR count). The van der Waals surface area contributed by atoms with Crippen LogP contribution in [0.1, 0.15) is 63.0 Å². The first-order valence-corrected chi connectivity index (χ1v) is 18.5. The molecule has 3 amide bonds. The van der Waals surface area contributed by atoms with Crippen LogP contribution in [0.4, 0.5) is 17.1 Å². The molecule has 10 nitrogen and oxygen atoms in total. The van der Waals surface area contributed by atoms with E-state index < -0.39 is 28.2 Å². The van der Waals surface area contributed by atoms with Crippen LogP contribution in [0.2, 0.25) is 0 Å². The number of nitrogens with zero attached hydrogens (tertiary/aromatic N) is 2.